The summed E-state index contributed by atoms with van der Waals surface area (Å²) in [4.78, 5) is 24.0. The second-order valence-electron chi connectivity index (χ2n) is 5.31. The van der Waals surface area contributed by atoms with Gasteiger partial charge in [-0.3, -0.25) is 4.79 Å². The van der Waals surface area contributed by atoms with Gasteiger partial charge in [-0.1, -0.05) is 30.3 Å². The molecule has 2 fully saturated rings. The van der Waals surface area contributed by atoms with E-state index in [1.807, 2.05) is 36.3 Å². The molecule has 4 heteroatoms. The number of ether oxygens (including phenoxy) is 1. The largest absolute Gasteiger partial charge is 0.381 e. The Morgan fingerprint density at radius 1 is 1.20 bits per heavy atom. The van der Waals surface area contributed by atoms with Crippen LogP contribution >= 0.6 is 0 Å². The summed E-state index contributed by atoms with van der Waals surface area (Å²) in [6.07, 6.45) is 1.57. The topological polar surface area (TPSA) is 55.4 Å². The van der Waals surface area contributed by atoms with Gasteiger partial charge in [0, 0.05) is 13.2 Å². The fraction of sp³-hybridized carbons (Fsp3) is 0.438. The Hall–Kier alpha value is -1.90. The number of Topliss-reactive ketones (excluding diaryl/α,β-unsaturated/α-hetero) is 1. The molecule has 0 aromatic heterocycles. The van der Waals surface area contributed by atoms with E-state index in [0.717, 1.165) is 18.4 Å². The summed E-state index contributed by atoms with van der Waals surface area (Å²) in [6.45, 7) is 1.48. The average molecular weight is 271 g/mol. The van der Waals surface area contributed by atoms with Crippen molar-refractivity contribution in [1.82, 2.24) is 5.32 Å². The maximum absolute atomic E-state index is 12.7. The fourth-order valence-corrected chi connectivity index (χ4v) is 3.51. The van der Waals surface area contributed by atoms with Crippen molar-refractivity contribution in [3.05, 3.63) is 41.6 Å². The molecule has 1 aromatic rings. The SMILES string of the molecule is O=C=C1NCC(=O)[C@@]1(c1ccccc1)C1CCOCC1. The molecule has 3 rings (SSSR count). The molecule has 2 aliphatic heterocycles. The molecule has 4 nitrogen and oxygen atoms in total. The number of carbonyl (C=O) groups excluding carboxylic acids is 2. The first-order chi connectivity index (χ1) is 9.80. The third kappa shape index (κ3) is 1.80. The number of hydrogen-bond donors (Lipinski definition) is 1. The van der Waals surface area contributed by atoms with Crippen molar-refractivity contribution in [1.29, 1.82) is 0 Å². The summed E-state index contributed by atoms with van der Waals surface area (Å²) in [7, 11) is 0. The van der Waals surface area contributed by atoms with Crippen LogP contribution in [0.5, 0.6) is 0 Å². The predicted octanol–water partition coefficient (Wildman–Crippen LogP) is 1.24. The lowest BCUT2D eigenvalue weighted by molar-refractivity contribution is -0.123. The number of hydrogen-bond acceptors (Lipinski definition) is 4. The van der Waals surface area contributed by atoms with Crippen molar-refractivity contribution in [3.63, 3.8) is 0 Å². The standard InChI is InChI=1S/C16H17NO3/c18-11-14-16(15(19)10-17-14,12-4-2-1-3-5-12)13-6-8-20-9-7-13/h1-5,13,17H,6-10H2/t16-/m0/s1. The van der Waals surface area contributed by atoms with Gasteiger partial charge < -0.3 is 10.1 Å². The van der Waals surface area contributed by atoms with Crippen LogP contribution in [0.1, 0.15) is 18.4 Å². The summed E-state index contributed by atoms with van der Waals surface area (Å²) < 4.78 is 5.40. The van der Waals surface area contributed by atoms with Gasteiger partial charge in [-0.2, -0.15) is 0 Å². The second-order valence-corrected chi connectivity index (χ2v) is 5.31. The lowest BCUT2D eigenvalue weighted by Crippen LogP contribution is -2.44. The van der Waals surface area contributed by atoms with Gasteiger partial charge in [-0.15, -0.1) is 0 Å². The maximum atomic E-state index is 12.7. The van der Waals surface area contributed by atoms with E-state index < -0.39 is 5.41 Å². The Bertz CT molecular complexity index is 556. The van der Waals surface area contributed by atoms with Crippen LogP contribution in [0.2, 0.25) is 0 Å². The highest BCUT2D eigenvalue weighted by Crippen LogP contribution is 2.45. The molecule has 0 unspecified atom stereocenters. The molecular formula is C16H17NO3. The van der Waals surface area contributed by atoms with Crippen LogP contribution in [0.15, 0.2) is 36.0 Å². The molecule has 0 spiro atoms. The van der Waals surface area contributed by atoms with E-state index in [9.17, 15) is 9.59 Å². The molecule has 2 saturated heterocycles. The molecule has 1 atom stereocenters. The van der Waals surface area contributed by atoms with Crippen molar-refractivity contribution in [3.8, 4) is 0 Å². The van der Waals surface area contributed by atoms with Gasteiger partial charge in [0.05, 0.1) is 6.54 Å². The smallest absolute Gasteiger partial charge is 0.169 e. The fourth-order valence-electron chi connectivity index (χ4n) is 3.51. The summed E-state index contributed by atoms with van der Waals surface area (Å²) >= 11 is 0. The molecule has 20 heavy (non-hydrogen) atoms. The van der Waals surface area contributed by atoms with Crippen molar-refractivity contribution in [2.75, 3.05) is 19.8 Å². The van der Waals surface area contributed by atoms with Crippen molar-refractivity contribution in [2.45, 2.75) is 18.3 Å². The zero-order valence-electron chi connectivity index (χ0n) is 11.2. The van der Waals surface area contributed by atoms with E-state index in [2.05, 4.69) is 5.32 Å². The Kier molecular flexibility index (Phi) is 3.43. The summed E-state index contributed by atoms with van der Waals surface area (Å²) in [5.41, 5.74) is 0.424. The number of rotatable bonds is 2. The first kappa shape index (κ1) is 13.1. The molecule has 2 heterocycles. The molecule has 1 aromatic carbocycles. The van der Waals surface area contributed by atoms with Crippen LogP contribution in [0.3, 0.4) is 0 Å². The number of nitrogens with one attached hydrogen (secondary N) is 1. The van der Waals surface area contributed by atoms with Gasteiger partial charge in [-0.25, -0.2) is 4.79 Å². The highest BCUT2D eigenvalue weighted by molar-refractivity contribution is 6.00. The third-order valence-electron chi connectivity index (χ3n) is 4.42. The van der Waals surface area contributed by atoms with Crippen LogP contribution < -0.4 is 5.32 Å². The van der Waals surface area contributed by atoms with E-state index in [-0.39, 0.29) is 18.2 Å². The van der Waals surface area contributed by atoms with Gasteiger partial charge in [0.25, 0.3) is 0 Å². The zero-order valence-corrected chi connectivity index (χ0v) is 11.2. The predicted molar refractivity (Wildman–Crippen MR) is 73.9 cm³/mol. The summed E-state index contributed by atoms with van der Waals surface area (Å²) in [6, 6.07) is 9.59. The molecule has 2 aliphatic rings. The van der Waals surface area contributed by atoms with Crippen LogP contribution in [0, 0.1) is 5.92 Å². The zero-order chi connectivity index (χ0) is 14.0. The summed E-state index contributed by atoms with van der Waals surface area (Å²) in [5.74, 6) is 2.13. The van der Waals surface area contributed by atoms with Crippen LogP contribution in [-0.2, 0) is 19.7 Å². The van der Waals surface area contributed by atoms with Crippen LogP contribution in [0.25, 0.3) is 0 Å². The molecule has 0 bridgehead atoms. The number of ketones is 1. The normalized spacial score (nSPS) is 27.2. The third-order valence-corrected chi connectivity index (χ3v) is 4.42. The lowest BCUT2D eigenvalue weighted by atomic mass is 9.64. The molecule has 0 saturated carbocycles. The van der Waals surface area contributed by atoms with E-state index >= 15 is 0 Å². The minimum atomic E-state index is -0.854. The molecular weight excluding hydrogens is 254 g/mol. The first-order valence-electron chi connectivity index (χ1n) is 6.96. The van der Waals surface area contributed by atoms with E-state index in [1.165, 1.54) is 0 Å². The van der Waals surface area contributed by atoms with Gasteiger partial charge in [0.15, 0.2) is 5.78 Å². The molecule has 0 amide bonds. The van der Waals surface area contributed by atoms with Crippen molar-refractivity contribution >= 4 is 11.7 Å². The van der Waals surface area contributed by atoms with Crippen molar-refractivity contribution < 1.29 is 14.3 Å². The number of benzene rings is 1. The van der Waals surface area contributed by atoms with E-state index in [4.69, 9.17) is 4.74 Å². The van der Waals surface area contributed by atoms with E-state index in [1.54, 1.807) is 0 Å². The van der Waals surface area contributed by atoms with Gasteiger partial charge in [0.1, 0.15) is 17.1 Å². The summed E-state index contributed by atoms with van der Waals surface area (Å²) in [5, 5.41) is 2.95. The van der Waals surface area contributed by atoms with Crippen LogP contribution in [0.4, 0.5) is 0 Å². The minimum absolute atomic E-state index is 0.0638. The highest BCUT2D eigenvalue weighted by Gasteiger charge is 2.54. The van der Waals surface area contributed by atoms with Crippen LogP contribution in [-0.4, -0.2) is 31.5 Å². The minimum Gasteiger partial charge on any atom is -0.381 e. The van der Waals surface area contributed by atoms with Gasteiger partial charge in [-0.05, 0) is 24.3 Å². The highest BCUT2D eigenvalue weighted by atomic mass is 16.5. The molecule has 104 valence electrons. The Balaban J connectivity index is 2.16. The first-order valence-corrected chi connectivity index (χ1v) is 6.96. The molecule has 0 aliphatic carbocycles. The Labute approximate surface area is 117 Å². The number of allylic oxidation sites excluding steroid dienone is 1. The average Bonchev–Trinajstić information content (AvgIpc) is 2.86. The molecule has 0 radical (unpaired) electrons. The quantitative estimate of drug-likeness (QED) is 0.822. The van der Waals surface area contributed by atoms with Gasteiger partial charge in [0.2, 0.25) is 0 Å². The maximum Gasteiger partial charge on any atom is 0.169 e. The number of carbonyl (C=O) groups is 1. The Morgan fingerprint density at radius 2 is 1.90 bits per heavy atom. The lowest BCUT2D eigenvalue weighted by Gasteiger charge is -2.38. The van der Waals surface area contributed by atoms with Crippen molar-refractivity contribution in [2.24, 2.45) is 5.92 Å². The van der Waals surface area contributed by atoms with Gasteiger partial charge >= 0.3 is 0 Å². The monoisotopic (exact) mass is 271 g/mol. The second kappa shape index (κ2) is 5.23. The molecule has 1 N–H and O–H groups in total. The van der Waals surface area contributed by atoms with E-state index in [0.29, 0.717) is 18.9 Å². The Morgan fingerprint density at radius 3 is 2.55 bits per heavy atom.